The standard InChI is InChI=1S/C20H24N2/c1-5-8-10-16-19(17-14-11-9-12-15-17)22(4)20(13-6-2)18(21)7-3/h5-16H,1,3,21H2,2,4H3/b10-8-,13-6-,19-16+,20-18-. The maximum Gasteiger partial charge on any atom is 0.0638 e. The van der Waals surface area contributed by atoms with E-state index in [0.717, 1.165) is 17.0 Å². The minimum Gasteiger partial charge on any atom is -0.397 e. The highest BCUT2D eigenvalue weighted by Crippen LogP contribution is 2.23. The molecule has 0 aromatic heterocycles. The average molecular weight is 292 g/mol. The SMILES string of the molecule is C=C/C=C\C=C(/c1ccccc1)N(C)C(/C=C\C)=C(\N)C=C. The van der Waals surface area contributed by atoms with Crippen molar-refractivity contribution in [1.29, 1.82) is 0 Å². The Morgan fingerprint density at radius 3 is 2.36 bits per heavy atom. The maximum absolute atomic E-state index is 6.08. The van der Waals surface area contributed by atoms with E-state index in [1.54, 1.807) is 12.2 Å². The zero-order valence-electron chi connectivity index (χ0n) is 13.4. The van der Waals surface area contributed by atoms with Crippen LogP contribution >= 0.6 is 0 Å². The molecule has 1 aromatic rings. The van der Waals surface area contributed by atoms with E-state index in [0.29, 0.717) is 5.70 Å². The first-order valence-electron chi connectivity index (χ1n) is 7.19. The molecule has 0 fully saturated rings. The molecule has 0 amide bonds. The number of nitrogens with zero attached hydrogens (tertiary/aromatic N) is 1. The van der Waals surface area contributed by atoms with Crippen LogP contribution in [0.1, 0.15) is 12.5 Å². The summed E-state index contributed by atoms with van der Waals surface area (Å²) < 4.78 is 0. The lowest BCUT2D eigenvalue weighted by Gasteiger charge is -2.25. The predicted octanol–water partition coefficient (Wildman–Crippen LogP) is 4.63. The summed E-state index contributed by atoms with van der Waals surface area (Å²) in [6.45, 7) is 9.43. The van der Waals surface area contributed by atoms with E-state index in [2.05, 4.69) is 30.2 Å². The average Bonchev–Trinajstić information content (AvgIpc) is 2.56. The van der Waals surface area contributed by atoms with Crippen LogP contribution < -0.4 is 5.73 Å². The summed E-state index contributed by atoms with van der Waals surface area (Å²) in [7, 11) is 1.99. The molecule has 0 aliphatic carbocycles. The fraction of sp³-hybridized carbons (Fsp3) is 0.100. The van der Waals surface area contributed by atoms with Crippen LogP contribution in [-0.4, -0.2) is 11.9 Å². The van der Waals surface area contributed by atoms with Crippen molar-refractivity contribution >= 4 is 5.70 Å². The van der Waals surface area contributed by atoms with Gasteiger partial charge in [0.1, 0.15) is 0 Å². The van der Waals surface area contributed by atoms with Crippen LogP contribution in [0.15, 0.2) is 97.4 Å². The monoisotopic (exact) mass is 292 g/mol. The van der Waals surface area contributed by atoms with Crippen molar-refractivity contribution in [2.24, 2.45) is 5.73 Å². The molecular weight excluding hydrogens is 268 g/mol. The molecule has 2 N–H and O–H groups in total. The second-order valence-electron chi connectivity index (χ2n) is 4.64. The van der Waals surface area contributed by atoms with E-state index in [4.69, 9.17) is 5.73 Å². The van der Waals surface area contributed by atoms with Gasteiger partial charge in [0.15, 0.2) is 0 Å². The Morgan fingerprint density at radius 1 is 1.14 bits per heavy atom. The molecule has 1 rings (SSSR count). The molecule has 0 radical (unpaired) electrons. The first kappa shape index (κ1) is 17.3. The van der Waals surface area contributed by atoms with Gasteiger partial charge in [-0.15, -0.1) is 0 Å². The van der Waals surface area contributed by atoms with E-state index >= 15 is 0 Å². The summed E-state index contributed by atoms with van der Waals surface area (Å²) in [6, 6.07) is 10.2. The highest BCUT2D eigenvalue weighted by molar-refractivity contribution is 5.67. The third kappa shape index (κ3) is 4.67. The lowest BCUT2D eigenvalue weighted by Crippen LogP contribution is -2.19. The maximum atomic E-state index is 6.08. The summed E-state index contributed by atoms with van der Waals surface area (Å²) in [5.41, 5.74) is 9.77. The van der Waals surface area contributed by atoms with Crippen molar-refractivity contribution in [3.05, 3.63) is 103 Å². The molecule has 0 atom stereocenters. The molecule has 0 aliphatic rings. The van der Waals surface area contributed by atoms with E-state index in [-0.39, 0.29) is 0 Å². The van der Waals surface area contributed by atoms with Gasteiger partial charge < -0.3 is 10.6 Å². The van der Waals surface area contributed by atoms with Crippen molar-refractivity contribution in [3.8, 4) is 0 Å². The lowest BCUT2D eigenvalue weighted by molar-refractivity contribution is 0.609. The van der Waals surface area contributed by atoms with Crippen LogP contribution in [0.2, 0.25) is 0 Å². The minimum absolute atomic E-state index is 0.634. The predicted molar refractivity (Wildman–Crippen MR) is 97.7 cm³/mol. The third-order valence-electron chi connectivity index (χ3n) is 3.13. The molecule has 0 heterocycles. The van der Waals surface area contributed by atoms with Crippen molar-refractivity contribution in [2.45, 2.75) is 6.92 Å². The third-order valence-corrected chi connectivity index (χ3v) is 3.13. The quantitative estimate of drug-likeness (QED) is 0.742. The molecule has 0 bridgehead atoms. The van der Waals surface area contributed by atoms with Crippen LogP contribution in [0.4, 0.5) is 0 Å². The van der Waals surface area contributed by atoms with E-state index in [1.807, 2.05) is 62.6 Å². The number of likely N-dealkylation sites (N-methyl/N-ethyl adjacent to an activating group) is 1. The first-order valence-corrected chi connectivity index (χ1v) is 7.19. The van der Waals surface area contributed by atoms with Gasteiger partial charge in [0.05, 0.1) is 11.4 Å². The van der Waals surface area contributed by atoms with Gasteiger partial charge in [-0.05, 0) is 30.7 Å². The second kappa shape index (κ2) is 9.24. The number of benzene rings is 1. The van der Waals surface area contributed by atoms with E-state index in [9.17, 15) is 0 Å². The number of allylic oxidation sites excluding steroid dienone is 7. The molecular formula is C20H24N2. The fourth-order valence-electron chi connectivity index (χ4n) is 2.03. The van der Waals surface area contributed by atoms with Gasteiger partial charge in [-0.1, -0.05) is 67.8 Å². The van der Waals surface area contributed by atoms with Gasteiger partial charge >= 0.3 is 0 Å². The van der Waals surface area contributed by atoms with Gasteiger partial charge in [-0.25, -0.2) is 0 Å². The Bertz CT molecular complexity index is 616. The Labute approximate surface area is 134 Å². The lowest BCUT2D eigenvalue weighted by atomic mass is 10.1. The fourth-order valence-corrected chi connectivity index (χ4v) is 2.03. The molecule has 0 spiro atoms. The molecule has 2 nitrogen and oxygen atoms in total. The molecule has 1 aromatic carbocycles. The smallest absolute Gasteiger partial charge is 0.0638 e. The van der Waals surface area contributed by atoms with Crippen LogP contribution in [0.3, 0.4) is 0 Å². The summed E-state index contributed by atoms with van der Waals surface area (Å²) in [6.07, 6.45) is 13.2. The molecule has 114 valence electrons. The van der Waals surface area contributed by atoms with Crippen LogP contribution in [0, 0.1) is 0 Å². The number of hydrogen-bond acceptors (Lipinski definition) is 2. The summed E-state index contributed by atoms with van der Waals surface area (Å²) in [4.78, 5) is 2.06. The summed E-state index contributed by atoms with van der Waals surface area (Å²) in [5, 5.41) is 0. The minimum atomic E-state index is 0.634. The molecule has 0 saturated carbocycles. The van der Waals surface area contributed by atoms with E-state index < -0.39 is 0 Å². The topological polar surface area (TPSA) is 29.3 Å². The van der Waals surface area contributed by atoms with Crippen LogP contribution in [0.5, 0.6) is 0 Å². The van der Waals surface area contributed by atoms with Gasteiger partial charge in [-0.3, -0.25) is 0 Å². The molecule has 22 heavy (non-hydrogen) atoms. The molecule has 0 aliphatic heterocycles. The zero-order chi connectivity index (χ0) is 16.4. The number of nitrogens with two attached hydrogens (primary N) is 1. The van der Waals surface area contributed by atoms with Gasteiger partial charge in [0.2, 0.25) is 0 Å². The van der Waals surface area contributed by atoms with E-state index in [1.165, 1.54) is 0 Å². The zero-order valence-corrected chi connectivity index (χ0v) is 13.4. The van der Waals surface area contributed by atoms with Crippen LogP contribution in [-0.2, 0) is 0 Å². The second-order valence-corrected chi connectivity index (χ2v) is 4.64. The van der Waals surface area contributed by atoms with Gasteiger partial charge in [-0.2, -0.15) is 0 Å². The van der Waals surface area contributed by atoms with Crippen molar-refractivity contribution < 1.29 is 0 Å². The highest BCUT2D eigenvalue weighted by atomic mass is 15.1. The Balaban J connectivity index is 3.38. The number of hydrogen-bond donors (Lipinski definition) is 1. The van der Waals surface area contributed by atoms with Crippen molar-refractivity contribution in [1.82, 2.24) is 4.90 Å². The highest BCUT2D eigenvalue weighted by Gasteiger charge is 2.11. The van der Waals surface area contributed by atoms with Crippen molar-refractivity contribution in [3.63, 3.8) is 0 Å². The Hall–Kier alpha value is -2.74. The van der Waals surface area contributed by atoms with Crippen LogP contribution in [0.25, 0.3) is 5.70 Å². The largest absolute Gasteiger partial charge is 0.397 e. The normalized spacial score (nSPS) is 13.3. The van der Waals surface area contributed by atoms with Gasteiger partial charge in [0.25, 0.3) is 0 Å². The summed E-state index contributed by atoms with van der Waals surface area (Å²) >= 11 is 0. The van der Waals surface area contributed by atoms with Crippen molar-refractivity contribution in [2.75, 3.05) is 7.05 Å². The Kier molecular flexibility index (Phi) is 7.27. The number of rotatable bonds is 7. The molecule has 0 saturated heterocycles. The first-order chi connectivity index (χ1) is 10.7. The summed E-state index contributed by atoms with van der Waals surface area (Å²) in [5.74, 6) is 0. The van der Waals surface area contributed by atoms with Gasteiger partial charge in [0, 0.05) is 12.7 Å². The molecule has 2 heteroatoms. The molecule has 0 unspecified atom stereocenters. The Morgan fingerprint density at radius 2 is 1.82 bits per heavy atom.